The number of piperidine rings is 1. The van der Waals surface area contributed by atoms with Crippen molar-refractivity contribution >= 4 is 47.2 Å². The molecule has 164 valence electrons. The summed E-state index contributed by atoms with van der Waals surface area (Å²) in [7, 11) is 3.70. The average molecular weight is 542 g/mol. The molecule has 0 spiro atoms. The van der Waals surface area contributed by atoms with Gasteiger partial charge in [0, 0.05) is 32.6 Å². The van der Waals surface area contributed by atoms with Crippen molar-refractivity contribution in [2.75, 3.05) is 33.7 Å². The molecule has 0 radical (unpaired) electrons. The van der Waals surface area contributed by atoms with Gasteiger partial charge in [-0.15, -0.1) is 35.3 Å². The third kappa shape index (κ3) is 7.23. The van der Waals surface area contributed by atoms with Crippen molar-refractivity contribution in [1.82, 2.24) is 20.1 Å². The summed E-state index contributed by atoms with van der Waals surface area (Å²) in [4.78, 5) is 25.4. The number of rotatable bonds is 6. The predicted octanol–water partition coefficient (Wildman–Crippen LogP) is 3.56. The van der Waals surface area contributed by atoms with Crippen LogP contribution in [0.1, 0.15) is 29.1 Å². The summed E-state index contributed by atoms with van der Waals surface area (Å²) in [5, 5.41) is 6.32. The third-order valence-corrected chi connectivity index (χ3v) is 6.19. The highest BCUT2D eigenvalue weighted by Crippen LogP contribution is 2.21. The van der Waals surface area contributed by atoms with Crippen LogP contribution in [-0.2, 0) is 17.8 Å². The number of hydrogen-bond donors (Lipinski definition) is 1. The molecule has 1 aromatic heterocycles. The summed E-state index contributed by atoms with van der Waals surface area (Å²) in [6, 6.07) is 10.6. The smallest absolute Gasteiger partial charge is 0.241 e. The number of nitrogens with one attached hydrogen (secondary N) is 1. The summed E-state index contributed by atoms with van der Waals surface area (Å²) in [5.41, 5.74) is 2.41. The van der Waals surface area contributed by atoms with E-state index in [4.69, 9.17) is 0 Å². The van der Waals surface area contributed by atoms with E-state index in [2.05, 4.69) is 51.0 Å². The van der Waals surface area contributed by atoms with Crippen molar-refractivity contribution in [1.29, 1.82) is 0 Å². The van der Waals surface area contributed by atoms with Crippen molar-refractivity contribution in [3.63, 3.8) is 0 Å². The van der Waals surface area contributed by atoms with E-state index in [9.17, 15) is 4.79 Å². The van der Waals surface area contributed by atoms with Crippen LogP contribution >= 0.6 is 35.3 Å². The van der Waals surface area contributed by atoms with E-state index < -0.39 is 0 Å². The zero-order chi connectivity index (χ0) is 20.6. The van der Waals surface area contributed by atoms with Crippen LogP contribution in [-0.4, -0.2) is 60.4 Å². The standard InChI is InChI=1S/C22H31N5OS.HI/c1-17-25-20(16-29-17)15-26(3)22(23-2)24-14-21(28)27-11-9-19(10-12-27)13-18-7-5-4-6-8-18;/h4-8,16,19H,9-15H2,1-3H3,(H,23,24);1H. The molecule has 0 bridgehead atoms. The number of guanidine groups is 1. The largest absolute Gasteiger partial charge is 0.347 e. The van der Waals surface area contributed by atoms with Crippen molar-refractivity contribution in [2.45, 2.75) is 32.7 Å². The maximum absolute atomic E-state index is 12.6. The first-order valence-corrected chi connectivity index (χ1v) is 11.1. The molecule has 0 aliphatic carbocycles. The number of aliphatic imine (C=N–C) groups is 1. The Kier molecular flexibility index (Phi) is 10.0. The van der Waals surface area contributed by atoms with E-state index in [0.29, 0.717) is 18.4 Å². The van der Waals surface area contributed by atoms with Gasteiger partial charge in [-0.2, -0.15) is 0 Å². The van der Waals surface area contributed by atoms with E-state index in [1.165, 1.54) is 5.56 Å². The summed E-state index contributed by atoms with van der Waals surface area (Å²) < 4.78 is 0. The number of hydrogen-bond acceptors (Lipinski definition) is 4. The molecule has 1 saturated heterocycles. The highest BCUT2D eigenvalue weighted by Gasteiger charge is 2.23. The first-order valence-electron chi connectivity index (χ1n) is 10.2. The maximum Gasteiger partial charge on any atom is 0.241 e. The van der Waals surface area contributed by atoms with E-state index in [0.717, 1.165) is 43.1 Å². The zero-order valence-corrected chi connectivity index (χ0v) is 21.2. The second-order valence-electron chi connectivity index (χ2n) is 7.63. The number of nitrogens with zero attached hydrogens (tertiary/aromatic N) is 4. The van der Waals surface area contributed by atoms with Crippen LogP contribution in [0, 0.1) is 12.8 Å². The Balaban J connectivity index is 0.00000320. The Bertz CT molecular complexity index is 818. The van der Waals surface area contributed by atoms with Crippen LogP contribution in [0.15, 0.2) is 40.7 Å². The van der Waals surface area contributed by atoms with E-state index in [1.54, 1.807) is 18.4 Å². The first-order chi connectivity index (χ1) is 14.0. The van der Waals surface area contributed by atoms with Crippen LogP contribution in [0.5, 0.6) is 0 Å². The molecule has 6 nitrogen and oxygen atoms in total. The number of benzene rings is 1. The highest BCUT2D eigenvalue weighted by atomic mass is 127. The van der Waals surface area contributed by atoms with Crippen LogP contribution in [0.2, 0.25) is 0 Å². The maximum atomic E-state index is 12.6. The molecule has 8 heteroatoms. The van der Waals surface area contributed by atoms with Gasteiger partial charge in [-0.25, -0.2) is 4.98 Å². The normalized spacial score (nSPS) is 14.9. The van der Waals surface area contributed by atoms with Gasteiger partial charge in [0.25, 0.3) is 0 Å². The molecule has 3 rings (SSSR count). The van der Waals surface area contributed by atoms with Gasteiger partial charge in [0.15, 0.2) is 5.96 Å². The molecule has 1 aromatic carbocycles. The van der Waals surface area contributed by atoms with E-state index >= 15 is 0 Å². The molecule has 1 fully saturated rings. The van der Waals surface area contributed by atoms with E-state index in [-0.39, 0.29) is 36.4 Å². The van der Waals surface area contributed by atoms with Gasteiger partial charge >= 0.3 is 0 Å². The van der Waals surface area contributed by atoms with Gasteiger partial charge in [-0.3, -0.25) is 9.79 Å². The SMILES string of the molecule is CN=C(NCC(=O)N1CCC(Cc2ccccc2)CC1)N(C)Cc1csc(C)n1.I. The summed E-state index contributed by atoms with van der Waals surface area (Å²) >= 11 is 1.64. The molecule has 30 heavy (non-hydrogen) atoms. The monoisotopic (exact) mass is 541 g/mol. The summed E-state index contributed by atoms with van der Waals surface area (Å²) in [6.45, 7) is 4.62. The minimum absolute atomic E-state index is 0. The molecule has 2 aromatic rings. The van der Waals surface area contributed by atoms with Crippen molar-refractivity contribution < 1.29 is 4.79 Å². The van der Waals surface area contributed by atoms with Crippen LogP contribution in [0.3, 0.4) is 0 Å². The molecule has 1 aliphatic heterocycles. The number of carbonyl (C=O) groups is 1. The van der Waals surface area contributed by atoms with Crippen molar-refractivity contribution in [3.05, 3.63) is 52.0 Å². The summed E-state index contributed by atoms with van der Waals surface area (Å²) in [6.07, 6.45) is 3.24. The minimum atomic E-state index is 0. The molecule has 0 unspecified atom stereocenters. The lowest BCUT2D eigenvalue weighted by Crippen LogP contribution is -2.47. The van der Waals surface area contributed by atoms with Gasteiger partial charge in [0.1, 0.15) is 0 Å². The fourth-order valence-electron chi connectivity index (χ4n) is 3.78. The van der Waals surface area contributed by atoms with Crippen molar-refractivity contribution in [3.8, 4) is 0 Å². The second-order valence-corrected chi connectivity index (χ2v) is 8.69. The van der Waals surface area contributed by atoms with Gasteiger partial charge in [-0.1, -0.05) is 30.3 Å². The molecule has 0 saturated carbocycles. The predicted molar refractivity (Wildman–Crippen MR) is 135 cm³/mol. The number of thiazole rings is 1. The van der Waals surface area contributed by atoms with Crippen molar-refractivity contribution in [2.24, 2.45) is 10.9 Å². The van der Waals surface area contributed by atoms with Gasteiger partial charge < -0.3 is 15.1 Å². The molecular weight excluding hydrogens is 509 g/mol. The second kappa shape index (κ2) is 12.2. The lowest BCUT2D eigenvalue weighted by molar-refractivity contribution is -0.131. The summed E-state index contributed by atoms with van der Waals surface area (Å²) in [5.74, 6) is 1.51. The van der Waals surface area contributed by atoms with Gasteiger partial charge in [0.2, 0.25) is 5.91 Å². The first kappa shape index (κ1) is 24.6. The third-order valence-electron chi connectivity index (χ3n) is 5.37. The topological polar surface area (TPSA) is 60.8 Å². The lowest BCUT2D eigenvalue weighted by atomic mass is 9.90. The van der Waals surface area contributed by atoms with Crippen LogP contribution in [0.4, 0.5) is 0 Å². The number of amides is 1. The quantitative estimate of drug-likeness (QED) is 0.345. The highest BCUT2D eigenvalue weighted by molar-refractivity contribution is 14.0. The van der Waals surface area contributed by atoms with E-state index in [1.807, 2.05) is 23.8 Å². The molecule has 1 amide bonds. The molecule has 1 aliphatic rings. The van der Waals surface area contributed by atoms with Gasteiger partial charge in [0.05, 0.1) is 23.8 Å². The lowest BCUT2D eigenvalue weighted by Gasteiger charge is -2.32. The van der Waals surface area contributed by atoms with Crippen LogP contribution < -0.4 is 5.32 Å². The average Bonchev–Trinajstić information content (AvgIpc) is 3.14. The van der Waals surface area contributed by atoms with Gasteiger partial charge in [-0.05, 0) is 37.7 Å². The Morgan fingerprint density at radius 3 is 2.60 bits per heavy atom. The minimum Gasteiger partial charge on any atom is -0.347 e. The molecular formula is C22H32IN5OS. The Labute approximate surface area is 200 Å². The number of aromatic nitrogens is 1. The fraction of sp³-hybridized carbons (Fsp3) is 0.500. The number of aryl methyl sites for hydroxylation is 1. The zero-order valence-electron chi connectivity index (χ0n) is 18.0. The molecule has 0 atom stereocenters. The Morgan fingerprint density at radius 2 is 2.00 bits per heavy atom. The number of likely N-dealkylation sites (tertiary alicyclic amines) is 1. The molecule has 2 heterocycles. The number of carbonyl (C=O) groups excluding carboxylic acids is 1. The molecule has 1 N–H and O–H groups in total. The van der Waals surface area contributed by atoms with Crippen LogP contribution in [0.25, 0.3) is 0 Å². The fourth-order valence-corrected chi connectivity index (χ4v) is 4.39. The Morgan fingerprint density at radius 1 is 1.30 bits per heavy atom. The Hall–Kier alpha value is -1.68. The number of halogens is 1.